The van der Waals surface area contributed by atoms with E-state index in [9.17, 15) is 0 Å². The fourth-order valence-corrected chi connectivity index (χ4v) is 1.26. The van der Waals surface area contributed by atoms with Crippen LogP contribution in [0, 0.1) is 11.3 Å². The first-order valence-electron chi connectivity index (χ1n) is 3.94. The van der Waals surface area contributed by atoms with Gasteiger partial charge in [0.25, 0.3) is 5.82 Å². The van der Waals surface area contributed by atoms with Gasteiger partial charge >= 0.3 is 0 Å². The molecule has 0 aliphatic rings. The Hall–Kier alpha value is -2.13. The van der Waals surface area contributed by atoms with Crippen LogP contribution in [0.3, 0.4) is 0 Å². The molecule has 0 unspecified atom stereocenters. The lowest BCUT2D eigenvalue weighted by atomic mass is 10.4. The number of anilines is 1. The SMILES string of the molecule is N#Cc1ncn(-c2cc(N)cc(Cl)n2)n1. The number of aromatic nitrogens is 4. The van der Waals surface area contributed by atoms with Crippen LogP contribution in [0.1, 0.15) is 5.82 Å². The first-order chi connectivity index (χ1) is 7.19. The largest absolute Gasteiger partial charge is 0.399 e. The molecule has 0 atom stereocenters. The number of pyridine rings is 1. The third-order valence-electron chi connectivity index (χ3n) is 1.63. The highest BCUT2D eigenvalue weighted by Crippen LogP contribution is 2.14. The maximum Gasteiger partial charge on any atom is 0.252 e. The molecule has 6 nitrogen and oxygen atoms in total. The molecule has 0 aliphatic heterocycles. The molecule has 0 fully saturated rings. The molecule has 2 N–H and O–H groups in total. The molecule has 7 heteroatoms. The molecule has 0 radical (unpaired) electrons. The van der Waals surface area contributed by atoms with Gasteiger partial charge in [0.2, 0.25) is 0 Å². The molecule has 0 saturated heterocycles. The quantitative estimate of drug-likeness (QED) is 0.717. The number of nitrogens with two attached hydrogens (primary N) is 1. The first-order valence-corrected chi connectivity index (χ1v) is 4.32. The summed E-state index contributed by atoms with van der Waals surface area (Å²) in [7, 11) is 0. The van der Waals surface area contributed by atoms with Crippen LogP contribution in [0.15, 0.2) is 18.5 Å². The van der Waals surface area contributed by atoms with Crippen LogP contribution >= 0.6 is 11.6 Å². The van der Waals surface area contributed by atoms with E-state index in [0.717, 1.165) is 0 Å². The van der Waals surface area contributed by atoms with E-state index in [4.69, 9.17) is 22.6 Å². The van der Waals surface area contributed by atoms with Crippen molar-refractivity contribution in [1.82, 2.24) is 19.7 Å². The maximum atomic E-state index is 8.55. The summed E-state index contributed by atoms with van der Waals surface area (Å²) in [4.78, 5) is 7.73. The van der Waals surface area contributed by atoms with E-state index < -0.39 is 0 Å². The Labute approximate surface area is 89.9 Å². The molecular formula is C8H5ClN6. The Morgan fingerprint density at radius 3 is 2.87 bits per heavy atom. The van der Waals surface area contributed by atoms with Gasteiger partial charge in [-0.05, 0) is 6.07 Å². The van der Waals surface area contributed by atoms with Crippen molar-refractivity contribution in [3.63, 3.8) is 0 Å². The third kappa shape index (κ3) is 1.87. The number of rotatable bonds is 1. The molecule has 0 amide bonds. The Kier molecular flexibility index (Phi) is 2.23. The lowest BCUT2D eigenvalue weighted by Gasteiger charge is -2.00. The minimum Gasteiger partial charge on any atom is -0.399 e. The van der Waals surface area contributed by atoms with Gasteiger partial charge in [-0.25, -0.2) is 14.6 Å². The van der Waals surface area contributed by atoms with Gasteiger partial charge < -0.3 is 5.73 Å². The van der Waals surface area contributed by atoms with E-state index in [0.29, 0.717) is 11.5 Å². The van der Waals surface area contributed by atoms with Gasteiger partial charge in [0.05, 0.1) is 0 Å². The fraction of sp³-hybridized carbons (Fsp3) is 0. The maximum absolute atomic E-state index is 8.55. The number of hydrogen-bond donors (Lipinski definition) is 1. The second-order valence-electron chi connectivity index (χ2n) is 2.71. The van der Waals surface area contributed by atoms with E-state index in [-0.39, 0.29) is 11.0 Å². The van der Waals surface area contributed by atoms with Gasteiger partial charge in [-0.3, -0.25) is 0 Å². The van der Waals surface area contributed by atoms with E-state index in [1.165, 1.54) is 17.1 Å². The Morgan fingerprint density at radius 1 is 1.47 bits per heavy atom. The predicted molar refractivity (Wildman–Crippen MR) is 53.3 cm³/mol. The summed E-state index contributed by atoms with van der Waals surface area (Å²) < 4.78 is 1.33. The predicted octanol–water partition coefficient (Wildman–Crippen LogP) is 0.770. The zero-order chi connectivity index (χ0) is 10.8. The van der Waals surface area contributed by atoms with Gasteiger partial charge in [0.1, 0.15) is 17.5 Å². The summed E-state index contributed by atoms with van der Waals surface area (Å²) in [5.74, 6) is 0.490. The first kappa shape index (κ1) is 9.43. The van der Waals surface area contributed by atoms with Crippen LogP contribution < -0.4 is 5.73 Å². The summed E-state index contributed by atoms with van der Waals surface area (Å²) in [5.41, 5.74) is 6.06. The van der Waals surface area contributed by atoms with E-state index in [2.05, 4.69) is 15.1 Å². The number of nitrogens with zero attached hydrogens (tertiary/aromatic N) is 5. The van der Waals surface area contributed by atoms with Crippen molar-refractivity contribution in [3.8, 4) is 11.9 Å². The zero-order valence-electron chi connectivity index (χ0n) is 7.42. The van der Waals surface area contributed by atoms with Crippen molar-refractivity contribution >= 4 is 17.3 Å². The number of nitriles is 1. The van der Waals surface area contributed by atoms with Crippen LogP contribution in [0.25, 0.3) is 5.82 Å². The normalized spacial score (nSPS) is 9.87. The Morgan fingerprint density at radius 2 is 2.27 bits per heavy atom. The van der Waals surface area contributed by atoms with Gasteiger partial charge in [0, 0.05) is 11.8 Å². The topological polar surface area (TPSA) is 93.4 Å². The van der Waals surface area contributed by atoms with Gasteiger partial charge in [-0.1, -0.05) is 11.6 Å². The summed E-state index contributed by atoms with van der Waals surface area (Å²) in [5, 5.41) is 12.7. The van der Waals surface area contributed by atoms with Crippen LogP contribution in [-0.4, -0.2) is 19.7 Å². The summed E-state index contributed by atoms with van der Waals surface area (Å²) >= 11 is 5.72. The summed E-state index contributed by atoms with van der Waals surface area (Å²) in [6, 6.07) is 4.92. The molecule has 2 heterocycles. The highest BCUT2D eigenvalue weighted by molar-refractivity contribution is 6.29. The highest BCUT2D eigenvalue weighted by Gasteiger charge is 2.04. The summed E-state index contributed by atoms with van der Waals surface area (Å²) in [6.45, 7) is 0. The molecule has 0 spiro atoms. The van der Waals surface area contributed by atoms with Gasteiger partial charge in [-0.2, -0.15) is 5.26 Å². The van der Waals surface area contributed by atoms with Crippen molar-refractivity contribution in [2.45, 2.75) is 0 Å². The van der Waals surface area contributed by atoms with Gasteiger partial charge in [0.15, 0.2) is 5.82 Å². The van der Waals surface area contributed by atoms with Crippen molar-refractivity contribution in [3.05, 3.63) is 29.4 Å². The van der Waals surface area contributed by atoms with Crippen molar-refractivity contribution < 1.29 is 0 Å². The van der Waals surface area contributed by atoms with E-state index in [1.54, 1.807) is 6.07 Å². The monoisotopic (exact) mass is 220 g/mol. The second-order valence-corrected chi connectivity index (χ2v) is 3.09. The molecule has 2 aromatic rings. The van der Waals surface area contributed by atoms with Crippen molar-refractivity contribution in [2.24, 2.45) is 0 Å². The average Bonchev–Trinajstić information content (AvgIpc) is 2.64. The lowest BCUT2D eigenvalue weighted by Crippen LogP contribution is -2.00. The standard InChI is InChI=1S/C8H5ClN6/c9-6-1-5(11)2-8(13-6)15-4-12-7(3-10)14-15/h1-2,4H,(H2,11,13). The van der Waals surface area contributed by atoms with Crippen LogP contribution in [0.5, 0.6) is 0 Å². The molecule has 15 heavy (non-hydrogen) atoms. The lowest BCUT2D eigenvalue weighted by molar-refractivity contribution is 0.841. The van der Waals surface area contributed by atoms with Crippen LogP contribution in [-0.2, 0) is 0 Å². The molecule has 2 rings (SSSR count). The smallest absolute Gasteiger partial charge is 0.252 e. The minimum absolute atomic E-state index is 0.0651. The number of hydrogen-bond acceptors (Lipinski definition) is 5. The molecule has 0 bridgehead atoms. The third-order valence-corrected chi connectivity index (χ3v) is 1.82. The molecular weight excluding hydrogens is 216 g/mol. The number of nitrogen functional groups attached to an aromatic ring is 1. The molecule has 2 aromatic heterocycles. The molecule has 74 valence electrons. The molecule has 0 aromatic carbocycles. The number of halogens is 1. The second kappa shape index (κ2) is 3.55. The van der Waals surface area contributed by atoms with E-state index >= 15 is 0 Å². The van der Waals surface area contributed by atoms with Crippen molar-refractivity contribution in [1.29, 1.82) is 5.26 Å². The average molecular weight is 221 g/mol. The minimum atomic E-state index is 0.0651. The Balaban J connectivity index is 2.50. The Bertz CT molecular complexity index is 520. The molecule has 0 saturated carbocycles. The van der Waals surface area contributed by atoms with Crippen LogP contribution in [0.4, 0.5) is 5.69 Å². The van der Waals surface area contributed by atoms with Crippen LogP contribution in [0.2, 0.25) is 5.15 Å². The highest BCUT2D eigenvalue weighted by atomic mass is 35.5. The van der Waals surface area contributed by atoms with Crippen molar-refractivity contribution in [2.75, 3.05) is 5.73 Å². The zero-order valence-corrected chi connectivity index (χ0v) is 8.18. The summed E-state index contributed by atoms with van der Waals surface area (Å²) in [6.07, 6.45) is 1.37. The fourth-order valence-electron chi connectivity index (χ4n) is 1.04. The van der Waals surface area contributed by atoms with E-state index in [1.807, 2.05) is 6.07 Å². The van der Waals surface area contributed by atoms with Gasteiger partial charge in [-0.15, -0.1) is 5.10 Å². The molecule has 0 aliphatic carbocycles.